The first-order valence-corrected chi connectivity index (χ1v) is 9.45. The molecule has 1 amide bonds. The summed E-state index contributed by atoms with van der Waals surface area (Å²) in [5, 5.41) is 0.575. The number of fused-ring (bicyclic) bond motifs is 1. The zero-order valence-corrected chi connectivity index (χ0v) is 16.4. The Labute approximate surface area is 165 Å². The summed E-state index contributed by atoms with van der Waals surface area (Å²) in [6, 6.07) is 17.2. The highest BCUT2D eigenvalue weighted by molar-refractivity contribution is 5.77. The van der Waals surface area contributed by atoms with Gasteiger partial charge in [0, 0.05) is 32.6 Å². The quantitative estimate of drug-likeness (QED) is 0.604. The summed E-state index contributed by atoms with van der Waals surface area (Å²) in [6.07, 6.45) is 1.79. The molecule has 0 unspecified atom stereocenters. The molecule has 28 heavy (non-hydrogen) atoms. The molecule has 3 rings (SSSR count). The maximum atomic E-state index is 12.9. The molecular weight excluding hydrogens is 352 g/mol. The lowest BCUT2D eigenvalue weighted by molar-refractivity contribution is -0.132. The van der Waals surface area contributed by atoms with Crippen LogP contribution in [0, 0.1) is 0 Å². The summed E-state index contributed by atoms with van der Waals surface area (Å²) in [6.45, 7) is 2.32. The molecule has 146 valence electrons. The highest BCUT2D eigenvalue weighted by Gasteiger charge is 2.15. The van der Waals surface area contributed by atoms with E-state index in [1.54, 1.807) is 6.07 Å². The van der Waals surface area contributed by atoms with Crippen LogP contribution in [0.4, 0.5) is 0 Å². The van der Waals surface area contributed by atoms with Gasteiger partial charge in [-0.3, -0.25) is 14.2 Å². The molecule has 0 aliphatic carbocycles. The number of para-hydroxylation sites is 1. The maximum Gasteiger partial charge on any atom is 0.261 e. The van der Waals surface area contributed by atoms with E-state index in [0.29, 0.717) is 30.5 Å². The van der Waals surface area contributed by atoms with Crippen molar-refractivity contribution in [1.82, 2.24) is 19.4 Å². The first-order chi connectivity index (χ1) is 13.5. The fourth-order valence-corrected chi connectivity index (χ4v) is 3.06. The number of benzene rings is 2. The van der Waals surface area contributed by atoms with E-state index in [4.69, 9.17) is 0 Å². The van der Waals surface area contributed by atoms with Crippen molar-refractivity contribution in [3.8, 4) is 0 Å². The van der Waals surface area contributed by atoms with Crippen molar-refractivity contribution < 1.29 is 4.79 Å². The second kappa shape index (κ2) is 9.28. The molecule has 0 fully saturated rings. The number of nitrogens with zero attached hydrogens (tertiary/aromatic N) is 4. The standard InChI is InChI=1S/C22H26N4O2/c1-24(2)14-15-25(16-18-8-4-3-5-9-18)21(27)12-13-26-17-23-20-11-7-6-10-19(20)22(26)28/h3-11,17H,12-16H2,1-2H3. The number of aromatic nitrogens is 2. The van der Waals surface area contributed by atoms with E-state index in [1.165, 1.54) is 10.9 Å². The second-order valence-corrected chi connectivity index (χ2v) is 7.11. The molecule has 0 bridgehead atoms. The number of likely N-dealkylation sites (N-methyl/N-ethyl adjacent to an activating group) is 1. The van der Waals surface area contributed by atoms with Crippen molar-refractivity contribution >= 4 is 16.8 Å². The lowest BCUT2D eigenvalue weighted by Gasteiger charge is -2.25. The Morgan fingerprint density at radius 1 is 1.00 bits per heavy atom. The van der Waals surface area contributed by atoms with Crippen molar-refractivity contribution in [3.63, 3.8) is 0 Å². The maximum absolute atomic E-state index is 12.9. The van der Waals surface area contributed by atoms with E-state index in [1.807, 2.05) is 67.5 Å². The molecule has 2 aromatic carbocycles. The molecule has 6 heteroatoms. The molecule has 0 aliphatic rings. The van der Waals surface area contributed by atoms with Crippen LogP contribution >= 0.6 is 0 Å². The van der Waals surface area contributed by atoms with E-state index >= 15 is 0 Å². The predicted octanol–water partition coefficient (Wildman–Crippen LogP) is 2.38. The van der Waals surface area contributed by atoms with Gasteiger partial charge in [0.05, 0.1) is 17.2 Å². The number of aryl methyl sites for hydroxylation is 1. The average molecular weight is 378 g/mol. The largest absolute Gasteiger partial charge is 0.337 e. The minimum atomic E-state index is -0.110. The molecule has 0 atom stereocenters. The van der Waals surface area contributed by atoms with Crippen LogP contribution in [0.2, 0.25) is 0 Å². The van der Waals surface area contributed by atoms with E-state index in [0.717, 1.165) is 12.1 Å². The van der Waals surface area contributed by atoms with Crippen molar-refractivity contribution in [2.75, 3.05) is 27.2 Å². The van der Waals surface area contributed by atoms with Gasteiger partial charge in [-0.05, 0) is 31.8 Å². The monoisotopic (exact) mass is 378 g/mol. The molecule has 1 heterocycles. The van der Waals surface area contributed by atoms with Gasteiger partial charge in [0.1, 0.15) is 0 Å². The molecular formula is C22H26N4O2. The van der Waals surface area contributed by atoms with Crippen LogP contribution in [0.5, 0.6) is 0 Å². The highest BCUT2D eigenvalue weighted by Crippen LogP contribution is 2.08. The molecule has 0 N–H and O–H groups in total. The number of amides is 1. The van der Waals surface area contributed by atoms with Crippen molar-refractivity contribution in [3.05, 3.63) is 76.8 Å². The topological polar surface area (TPSA) is 58.4 Å². The molecule has 0 radical (unpaired) electrons. The van der Waals surface area contributed by atoms with Crippen LogP contribution in [-0.4, -0.2) is 52.4 Å². The van der Waals surface area contributed by atoms with Crippen LogP contribution in [0.15, 0.2) is 65.7 Å². The van der Waals surface area contributed by atoms with Crippen molar-refractivity contribution in [2.45, 2.75) is 19.5 Å². The molecule has 0 saturated carbocycles. The Balaban J connectivity index is 1.70. The molecule has 6 nitrogen and oxygen atoms in total. The lowest BCUT2D eigenvalue weighted by Crippen LogP contribution is -2.37. The third-order valence-corrected chi connectivity index (χ3v) is 4.68. The Morgan fingerprint density at radius 3 is 2.46 bits per heavy atom. The Kier molecular flexibility index (Phi) is 6.55. The van der Waals surface area contributed by atoms with Crippen molar-refractivity contribution in [1.29, 1.82) is 0 Å². The fraction of sp³-hybridized carbons (Fsp3) is 0.318. The zero-order chi connectivity index (χ0) is 19.9. The summed E-state index contributed by atoms with van der Waals surface area (Å²) in [5.41, 5.74) is 1.66. The van der Waals surface area contributed by atoms with Gasteiger partial charge >= 0.3 is 0 Å². The molecule has 3 aromatic rings. The van der Waals surface area contributed by atoms with Crippen LogP contribution in [-0.2, 0) is 17.9 Å². The number of carbonyl (C=O) groups excluding carboxylic acids is 1. The second-order valence-electron chi connectivity index (χ2n) is 7.11. The van der Waals surface area contributed by atoms with Gasteiger partial charge in [0.25, 0.3) is 5.56 Å². The van der Waals surface area contributed by atoms with Crippen LogP contribution < -0.4 is 5.56 Å². The van der Waals surface area contributed by atoms with E-state index in [-0.39, 0.29) is 17.9 Å². The van der Waals surface area contributed by atoms with E-state index in [2.05, 4.69) is 9.88 Å². The molecule has 0 saturated heterocycles. The summed E-state index contributed by atoms with van der Waals surface area (Å²) >= 11 is 0. The minimum absolute atomic E-state index is 0.0331. The normalized spacial score (nSPS) is 11.1. The van der Waals surface area contributed by atoms with E-state index in [9.17, 15) is 9.59 Å². The molecule has 0 aliphatic heterocycles. The number of hydrogen-bond donors (Lipinski definition) is 0. The molecule has 1 aromatic heterocycles. The Hall–Kier alpha value is -2.99. The van der Waals surface area contributed by atoms with Gasteiger partial charge in [-0.25, -0.2) is 4.98 Å². The van der Waals surface area contributed by atoms with E-state index < -0.39 is 0 Å². The predicted molar refractivity (Wildman–Crippen MR) is 111 cm³/mol. The van der Waals surface area contributed by atoms with Crippen LogP contribution in [0.25, 0.3) is 10.9 Å². The SMILES string of the molecule is CN(C)CCN(Cc1ccccc1)C(=O)CCn1cnc2ccccc2c1=O. The third-order valence-electron chi connectivity index (χ3n) is 4.68. The average Bonchev–Trinajstić information content (AvgIpc) is 2.71. The smallest absolute Gasteiger partial charge is 0.261 e. The van der Waals surface area contributed by atoms with Gasteiger partial charge in [0.2, 0.25) is 5.91 Å². The summed E-state index contributed by atoms with van der Waals surface area (Å²) in [5.74, 6) is 0.0331. The highest BCUT2D eigenvalue weighted by atomic mass is 16.2. The molecule has 0 spiro atoms. The van der Waals surface area contributed by atoms with Gasteiger partial charge in [-0.1, -0.05) is 42.5 Å². The lowest BCUT2D eigenvalue weighted by atomic mass is 10.2. The number of carbonyl (C=O) groups is 1. The Bertz CT molecular complexity index is 982. The first kappa shape index (κ1) is 19.8. The van der Waals surface area contributed by atoms with Gasteiger partial charge < -0.3 is 9.80 Å². The Morgan fingerprint density at radius 2 is 1.71 bits per heavy atom. The summed E-state index contributed by atoms with van der Waals surface area (Å²) in [7, 11) is 3.98. The number of hydrogen-bond acceptors (Lipinski definition) is 4. The minimum Gasteiger partial charge on any atom is -0.337 e. The first-order valence-electron chi connectivity index (χ1n) is 9.45. The van der Waals surface area contributed by atoms with Gasteiger partial charge in [-0.15, -0.1) is 0 Å². The zero-order valence-electron chi connectivity index (χ0n) is 16.4. The van der Waals surface area contributed by atoms with Crippen LogP contribution in [0.3, 0.4) is 0 Å². The summed E-state index contributed by atoms with van der Waals surface area (Å²) in [4.78, 5) is 33.7. The van der Waals surface area contributed by atoms with Crippen LogP contribution in [0.1, 0.15) is 12.0 Å². The van der Waals surface area contributed by atoms with Crippen molar-refractivity contribution in [2.24, 2.45) is 0 Å². The third kappa shape index (κ3) is 5.04. The number of rotatable bonds is 8. The van der Waals surface area contributed by atoms with Gasteiger partial charge in [-0.2, -0.15) is 0 Å². The fourth-order valence-electron chi connectivity index (χ4n) is 3.06. The van der Waals surface area contributed by atoms with Gasteiger partial charge in [0.15, 0.2) is 0 Å². The summed E-state index contributed by atoms with van der Waals surface area (Å²) < 4.78 is 1.52.